The summed E-state index contributed by atoms with van der Waals surface area (Å²) < 4.78 is 1.00. The third kappa shape index (κ3) is 3.45. The van der Waals surface area contributed by atoms with Gasteiger partial charge in [-0.3, -0.25) is 9.59 Å². The minimum absolute atomic E-state index is 0.0162. The number of primary amides is 1. The normalized spacial score (nSPS) is 15.0. The van der Waals surface area contributed by atoms with Gasteiger partial charge in [0.15, 0.2) is 0 Å². The molecule has 2 aromatic rings. The maximum atomic E-state index is 12.6. The maximum Gasteiger partial charge on any atom is 0.235 e. The fourth-order valence-corrected chi connectivity index (χ4v) is 2.96. The van der Waals surface area contributed by atoms with Crippen LogP contribution in [0, 0.1) is 0 Å². The molecule has 0 unspecified atom stereocenters. The quantitative estimate of drug-likeness (QED) is 0.845. The van der Waals surface area contributed by atoms with Gasteiger partial charge in [0.25, 0.3) is 0 Å². The molecule has 0 aliphatic heterocycles. The Morgan fingerprint density at radius 1 is 1.04 bits per heavy atom. The van der Waals surface area contributed by atoms with Crippen molar-refractivity contribution < 1.29 is 9.59 Å². The SMILES string of the molecule is NC(=O)Cc1ccc(NC(=O)C2(c3ccc(Br)cc3)CC2)cc1. The van der Waals surface area contributed by atoms with Gasteiger partial charge >= 0.3 is 0 Å². The fraction of sp³-hybridized carbons (Fsp3) is 0.222. The van der Waals surface area contributed by atoms with E-state index in [1.165, 1.54) is 0 Å². The number of nitrogens with two attached hydrogens (primary N) is 1. The van der Waals surface area contributed by atoms with Gasteiger partial charge in [-0.05, 0) is 48.2 Å². The number of carbonyl (C=O) groups is 2. The molecule has 5 heteroatoms. The van der Waals surface area contributed by atoms with Gasteiger partial charge in [-0.1, -0.05) is 40.2 Å². The van der Waals surface area contributed by atoms with E-state index in [2.05, 4.69) is 21.2 Å². The lowest BCUT2D eigenvalue weighted by molar-refractivity contribution is -0.119. The number of anilines is 1. The highest BCUT2D eigenvalue weighted by molar-refractivity contribution is 9.10. The summed E-state index contributed by atoms with van der Waals surface area (Å²) in [6.45, 7) is 0. The third-order valence-corrected chi connectivity index (χ3v) is 4.70. The van der Waals surface area contributed by atoms with E-state index in [0.29, 0.717) is 0 Å². The van der Waals surface area contributed by atoms with Crippen molar-refractivity contribution in [3.8, 4) is 0 Å². The van der Waals surface area contributed by atoms with Crippen molar-refractivity contribution >= 4 is 33.4 Å². The van der Waals surface area contributed by atoms with Crippen LogP contribution in [0.15, 0.2) is 53.0 Å². The molecule has 1 fully saturated rings. The van der Waals surface area contributed by atoms with E-state index in [0.717, 1.165) is 34.1 Å². The van der Waals surface area contributed by atoms with E-state index in [9.17, 15) is 9.59 Å². The first-order chi connectivity index (χ1) is 11.0. The van der Waals surface area contributed by atoms with E-state index >= 15 is 0 Å². The summed E-state index contributed by atoms with van der Waals surface area (Å²) in [4.78, 5) is 23.5. The highest BCUT2D eigenvalue weighted by Gasteiger charge is 2.51. The Balaban J connectivity index is 1.71. The Morgan fingerprint density at radius 2 is 1.65 bits per heavy atom. The van der Waals surface area contributed by atoms with E-state index < -0.39 is 5.41 Å². The lowest BCUT2D eigenvalue weighted by Gasteiger charge is -2.16. The molecule has 1 saturated carbocycles. The van der Waals surface area contributed by atoms with Gasteiger partial charge in [0.2, 0.25) is 11.8 Å². The average Bonchev–Trinajstić information content (AvgIpc) is 3.31. The van der Waals surface area contributed by atoms with Gasteiger partial charge in [0.1, 0.15) is 0 Å². The zero-order valence-electron chi connectivity index (χ0n) is 12.5. The summed E-state index contributed by atoms with van der Waals surface area (Å²) in [5.74, 6) is -0.351. The number of hydrogen-bond acceptors (Lipinski definition) is 2. The first-order valence-electron chi connectivity index (χ1n) is 7.44. The van der Waals surface area contributed by atoms with Crippen molar-refractivity contribution in [2.45, 2.75) is 24.7 Å². The Bertz CT molecular complexity index is 735. The van der Waals surface area contributed by atoms with Crippen molar-refractivity contribution in [1.29, 1.82) is 0 Å². The molecule has 118 valence electrons. The van der Waals surface area contributed by atoms with Crippen LogP contribution >= 0.6 is 15.9 Å². The molecule has 1 aliphatic carbocycles. The number of rotatable bonds is 5. The van der Waals surface area contributed by atoms with E-state index in [4.69, 9.17) is 5.73 Å². The molecule has 0 aromatic heterocycles. The Labute approximate surface area is 143 Å². The van der Waals surface area contributed by atoms with E-state index in [1.807, 2.05) is 24.3 Å². The smallest absolute Gasteiger partial charge is 0.235 e. The van der Waals surface area contributed by atoms with Gasteiger partial charge in [0, 0.05) is 10.2 Å². The molecular weight excluding hydrogens is 356 g/mol. The van der Waals surface area contributed by atoms with Crippen LogP contribution in [0.1, 0.15) is 24.0 Å². The molecule has 3 N–H and O–H groups in total. The van der Waals surface area contributed by atoms with Crippen LogP contribution in [-0.4, -0.2) is 11.8 Å². The molecule has 0 atom stereocenters. The Morgan fingerprint density at radius 3 is 2.17 bits per heavy atom. The largest absolute Gasteiger partial charge is 0.369 e. The second-order valence-electron chi connectivity index (χ2n) is 5.88. The number of amides is 2. The topological polar surface area (TPSA) is 72.2 Å². The fourth-order valence-electron chi connectivity index (χ4n) is 2.70. The second-order valence-corrected chi connectivity index (χ2v) is 6.80. The van der Waals surface area contributed by atoms with Crippen LogP contribution < -0.4 is 11.1 Å². The zero-order valence-corrected chi connectivity index (χ0v) is 14.1. The number of benzene rings is 2. The third-order valence-electron chi connectivity index (χ3n) is 4.17. The Hall–Kier alpha value is -2.14. The summed E-state index contributed by atoms with van der Waals surface area (Å²) in [6.07, 6.45) is 1.93. The number of halogens is 1. The Kier molecular flexibility index (Phi) is 4.22. The van der Waals surface area contributed by atoms with Crippen molar-refractivity contribution in [1.82, 2.24) is 0 Å². The molecule has 0 saturated heterocycles. The molecule has 0 bridgehead atoms. The summed E-state index contributed by atoms with van der Waals surface area (Å²) in [5.41, 5.74) is 7.37. The van der Waals surface area contributed by atoms with Crippen molar-refractivity contribution in [2.24, 2.45) is 5.73 Å². The van der Waals surface area contributed by atoms with Crippen molar-refractivity contribution in [3.63, 3.8) is 0 Å². The van der Waals surface area contributed by atoms with Crippen LogP contribution in [0.2, 0.25) is 0 Å². The molecule has 2 aromatic carbocycles. The number of nitrogens with one attached hydrogen (secondary N) is 1. The first-order valence-corrected chi connectivity index (χ1v) is 8.24. The second kappa shape index (κ2) is 6.16. The lowest BCUT2D eigenvalue weighted by Crippen LogP contribution is -2.27. The number of hydrogen-bond donors (Lipinski definition) is 2. The van der Waals surface area contributed by atoms with Crippen LogP contribution in [-0.2, 0) is 21.4 Å². The molecular formula is C18H17BrN2O2. The summed E-state index contributed by atoms with van der Waals surface area (Å²) >= 11 is 3.41. The zero-order chi connectivity index (χ0) is 16.4. The molecule has 0 spiro atoms. The number of carbonyl (C=O) groups excluding carboxylic acids is 2. The molecule has 1 aliphatic rings. The van der Waals surface area contributed by atoms with E-state index in [1.54, 1.807) is 24.3 Å². The maximum absolute atomic E-state index is 12.6. The highest BCUT2D eigenvalue weighted by atomic mass is 79.9. The van der Waals surface area contributed by atoms with Gasteiger partial charge in [-0.15, -0.1) is 0 Å². The van der Waals surface area contributed by atoms with Gasteiger partial charge in [-0.25, -0.2) is 0 Å². The average molecular weight is 373 g/mol. The van der Waals surface area contributed by atoms with Crippen LogP contribution in [0.25, 0.3) is 0 Å². The summed E-state index contributed by atoms with van der Waals surface area (Å²) in [5, 5.41) is 2.97. The van der Waals surface area contributed by atoms with Gasteiger partial charge < -0.3 is 11.1 Å². The molecule has 4 nitrogen and oxygen atoms in total. The monoisotopic (exact) mass is 372 g/mol. The van der Waals surface area contributed by atoms with Crippen LogP contribution in [0.3, 0.4) is 0 Å². The molecule has 0 heterocycles. The molecule has 0 radical (unpaired) electrons. The molecule has 2 amide bonds. The molecule has 23 heavy (non-hydrogen) atoms. The lowest BCUT2D eigenvalue weighted by atomic mass is 9.95. The van der Waals surface area contributed by atoms with Gasteiger partial charge in [0.05, 0.1) is 11.8 Å². The van der Waals surface area contributed by atoms with Gasteiger partial charge in [-0.2, -0.15) is 0 Å². The van der Waals surface area contributed by atoms with Crippen LogP contribution in [0.5, 0.6) is 0 Å². The predicted octanol–water partition coefficient (Wildman–Crippen LogP) is 3.15. The highest BCUT2D eigenvalue weighted by Crippen LogP contribution is 2.49. The minimum atomic E-state index is -0.410. The summed E-state index contributed by atoms with van der Waals surface area (Å²) in [6, 6.07) is 15.1. The minimum Gasteiger partial charge on any atom is -0.369 e. The standard InChI is InChI=1S/C18H17BrN2O2/c19-14-5-3-13(4-6-14)18(9-10-18)17(23)21-15-7-1-12(2-8-15)11-16(20)22/h1-8H,9-11H2,(H2,20,22)(H,21,23). The van der Waals surface area contributed by atoms with E-state index in [-0.39, 0.29) is 18.2 Å². The van der Waals surface area contributed by atoms with Crippen molar-refractivity contribution in [2.75, 3.05) is 5.32 Å². The summed E-state index contributed by atoms with van der Waals surface area (Å²) in [7, 11) is 0. The first kappa shape index (κ1) is 15.7. The van der Waals surface area contributed by atoms with Crippen molar-refractivity contribution in [3.05, 3.63) is 64.1 Å². The predicted molar refractivity (Wildman–Crippen MR) is 93.0 cm³/mol. The molecule has 3 rings (SSSR count). The van der Waals surface area contributed by atoms with Crippen LogP contribution in [0.4, 0.5) is 5.69 Å².